The highest BCUT2D eigenvalue weighted by atomic mass is 16.5. The van der Waals surface area contributed by atoms with E-state index in [1.807, 2.05) is 6.92 Å². The molecule has 0 radical (unpaired) electrons. The summed E-state index contributed by atoms with van der Waals surface area (Å²) >= 11 is 0. The second-order valence-corrected chi connectivity index (χ2v) is 2.33. The molecule has 5 nitrogen and oxygen atoms in total. The molecule has 0 atom stereocenters. The van der Waals surface area contributed by atoms with Crippen LogP contribution in [-0.4, -0.2) is 29.8 Å². The molecule has 5 heteroatoms. The SMILES string of the molecule is CCNc1ccc(C(=O)OC)nn1. The van der Waals surface area contributed by atoms with Crippen LogP contribution in [0.15, 0.2) is 12.1 Å². The summed E-state index contributed by atoms with van der Waals surface area (Å²) in [6, 6.07) is 3.25. The molecule has 1 N–H and O–H groups in total. The van der Waals surface area contributed by atoms with Crippen molar-refractivity contribution in [1.82, 2.24) is 10.2 Å². The molecule has 0 aromatic carbocycles. The van der Waals surface area contributed by atoms with Crippen molar-refractivity contribution in [2.75, 3.05) is 19.0 Å². The zero-order chi connectivity index (χ0) is 9.68. The van der Waals surface area contributed by atoms with Crippen molar-refractivity contribution in [2.24, 2.45) is 0 Å². The third-order valence-electron chi connectivity index (χ3n) is 1.42. The van der Waals surface area contributed by atoms with E-state index < -0.39 is 5.97 Å². The van der Waals surface area contributed by atoms with Crippen LogP contribution in [-0.2, 0) is 4.74 Å². The summed E-state index contributed by atoms with van der Waals surface area (Å²) in [5.74, 6) is 0.172. The van der Waals surface area contributed by atoms with Crippen molar-refractivity contribution in [3.63, 3.8) is 0 Å². The number of aromatic nitrogens is 2. The van der Waals surface area contributed by atoms with Gasteiger partial charge < -0.3 is 10.1 Å². The maximum Gasteiger partial charge on any atom is 0.358 e. The maximum absolute atomic E-state index is 10.9. The summed E-state index contributed by atoms with van der Waals surface area (Å²) in [4.78, 5) is 10.9. The monoisotopic (exact) mass is 181 g/mol. The first-order valence-corrected chi connectivity index (χ1v) is 3.94. The molecular formula is C8H11N3O2. The molecule has 1 heterocycles. The smallest absolute Gasteiger partial charge is 0.358 e. The van der Waals surface area contributed by atoms with Gasteiger partial charge in [-0.05, 0) is 19.1 Å². The third-order valence-corrected chi connectivity index (χ3v) is 1.42. The quantitative estimate of drug-likeness (QED) is 0.695. The zero-order valence-corrected chi connectivity index (χ0v) is 7.57. The van der Waals surface area contributed by atoms with E-state index in [0.717, 1.165) is 6.54 Å². The molecule has 0 saturated carbocycles. The number of rotatable bonds is 3. The van der Waals surface area contributed by atoms with Gasteiger partial charge in [0, 0.05) is 6.54 Å². The highest BCUT2D eigenvalue weighted by Gasteiger charge is 2.06. The van der Waals surface area contributed by atoms with Gasteiger partial charge in [0.2, 0.25) is 0 Å². The zero-order valence-electron chi connectivity index (χ0n) is 7.57. The second kappa shape index (κ2) is 4.39. The molecule has 0 bridgehead atoms. The number of hydrogen-bond donors (Lipinski definition) is 1. The van der Waals surface area contributed by atoms with Gasteiger partial charge in [0.1, 0.15) is 5.82 Å². The molecule has 13 heavy (non-hydrogen) atoms. The average Bonchev–Trinajstić information content (AvgIpc) is 2.18. The van der Waals surface area contributed by atoms with Crippen LogP contribution in [0.3, 0.4) is 0 Å². The topological polar surface area (TPSA) is 64.1 Å². The Morgan fingerprint density at radius 1 is 1.54 bits per heavy atom. The molecular weight excluding hydrogens is 170 g/mol. The molecule has 0 fully saturated rings. The van der Waals surface area contributed by atoms with E-state index in [-0.39, 0.29) is 5.69 Å². The first kappa shape index (κ1) is 9.44. The van der Waals surface area contributed by atoms with E-state index in [0.29, 0.717) is 5.82 Å². The van der Waals surface area contributed by atoms with E-state index in [4.69, 9.17) is 0 Å². The van der Waals surface area contributed by atoms with E-state index in [1.165, 1.54) is 7.11 Å². The highest BCUT2D eigenvalue weighted by molar-refractivity contribution is 5.86. The van der Waals surface area contributed by atoms with Crippen LogP contribution >= 0.6 is 0 Å². The first-order valence-electron chi connectivity index (χ1n) is 3.94. The van der Waals surface area contributed by atoms with Crippen LogP contribution in [0.2, 0.25) is 0 Å². The lowest BCUT2D eigenvalue weighted by Gasteiger charge is -2.00. The number of esters is 1. The van der Waals surface area contributed by atoms with Gasteiger partial charge in [-0.15, -0.1) is 10.2 Å². The van der Waals surface area contributed by atoms with Crippen molar-refractivity contribution in [2.45, 2.75) is 6.92 Å². The first-order chi connectivity index (χ1) is 6.27. The van der Waals surface area contributed by atoms with Crippen LogP contribution in [0.25, 0.3) is 0 Å². The Kier molecular flexibility index (Phi) is 3.19. The molecule has 1 aromatic heterocycles. The standard InChI is InChI=1S/C8H11N3O2/c1-3-9-7-5-4-6(10-11-7)8(12)13-2/h4-5H,3H2,1-2H3,(H,9,11). The Hall–Kier alpha value is -1.65. The summed E-state index contributed by atoms with van der Waals surface area (Å²) in [5, 5.41) is 10.4. The number of carbonyl (C=O) groups excluding carboxylic acids is 1. The van der Waals surface area contributed by atoms with E-state index >= 15 is 0 Å². The molecule has 0 spiro atoms. The normalized spacial score (nSPS) is 9.38. The Morgan fingerprint density at radius 3 is 2.77 bits per heavy atom. The number of carbonyl (C=O) groups is 1. The number of methoxy groups -OCH3 is 1. The minimum Gasteiger partial charge on any atom is -0.464 e. The van der Waals surface area contributed by atoms with Crippen LogP contribution in [0, 0.1) is 0 Å². The molecule has 0 aliphatic carbocycles. The average molecular weight is 181 g/mol. The number of nitrogens with zero attached hydrogens (tertiary/aromatic N) is 2. The molecule has 0 amide bonds. The lowest BCUT2D eigenvalue weighted by Crippen LogP contribution is -2.07. The molecule has 0 unspecified atom stereocenters. The van der Waals surface area contributed by atoms with Crippen LogP contribution in [0.4, 0.5) is 5.82 Å². The Morgan fingerprint density at radius 2 is 2.31 bits per heavy atom. The Balaban J connectivity index is 2.75. The third kappa shape index (κ3) is 2.40. The highest BCUT2D eigenvalue weighted by Crippen LogP contribution is 2.01. The second-order valence-electron chi connectivity index (χ2n) is 2.33. The minimum atomic E-state index is -0.476. The summed E-state index contributed by atoms with van der Waals surface area (Å²) in [6.07, 6.45) is 0. The molecule has 1 rings (SSSR count). The van der Waals surface area contributed by atoms with Crippen molar-refractivity contribution in [3.05, 3.63) is 17.8 Å². The van der Waals surface area contributed by atoms with E-state index in [1.54, 1.807) is 12.1 Å². The van der Waals surface area contributed by atoms with E-state index in [9.17, 15) is 4.79 Å². The van der Waals surface area contributed by atoms with Gasteiger partial charge in [-0.3, -0.25) is 0 Å². The van der Waals surface area contributed by atoms with Gasteiger partial charge in [0.25, 0.3) is 0 Å². The minimum absolute atomic E-state index is 0.212. The fourth-order valence-electron chi connectivity index (χ4n) is 0.821. The fourth-order valence-corrected chi connectivity index (χ4v) is 0.821. The van der Waals surface area contributed by atoms with Gasteiger partial charge in [-0.1, -0.05) is 0 Å². The Labute approximate surface area is 76.1 Å². The number of nitrogens with one attached hydrogen (secondary N) is 1. The van der Waals surface area contributed by atoms with Crippen molar-refractivity contribution in [3.8, 4) is 0 Å². The number of ether oxygens (including phenoxy) is 1. The largest absolute Gasteiger partial charge is 0.464 e. The molecule has 0 aliphatic heterocycles. The number of hydrogen-bond acceptors (Lipinski definition) is 5. The summed E-state index contributed by atoms with van der Waals surface area (Å²) in [6.45, 7) is 2.72. The number of anilines is 1. The predicted octanol–water partition coefficient (Wildman–Crippen LogP) is 0.695. The van der Waals surface area contributed by atoms with Crippen LogP contribution in [0.1, 0.15) is 17.4 Å². The lowest BCUT2D eigenvalue weighted by molar-refractivity contribution is 0.0593. The van der Waals surface area contributed by atoms with Crippen LogP contribution in [0.5, 0.6) is 0 Å². The lowest BCUT2D eigenvalue weighted by atomic mass is 10.4. The summed E-state index contributed by atoms with van der Waals surface area (Å²) in [5.41, 5.74) is 0.212. The van der Waals surface area contributed by atoms with Crippen molar-refractivity contribution in [1.29, 1.82) is 0 Å². The van der Waals surface area contributed by atoms with E-state index in [2.05, 4.69) is 20.3 Å². The maximum atomic E-state index is 10.9. The molecule has 0 saturated heterocycles. The van der Waals surface area contributed by atoms with Gasteiger partial charge in [-0.2, -0.15) is 0 Å². The van der Waals surface area contributed by atoms with Gasteiger partial charge >= 0.3 is 5.97 Å². The van der Waals surface area contributed by atoms with Gasteiger partial charge in [0.15, 0.2) is 5.69 Å². The summed E-state index contributed by atoms with van der Waals surface area (Å²) in [7, 11) is 1.31. The molecule has 0 aliphatic rings. The molecule has 70 valence electrons. The predicted molar refractivity (Wildman–Crippen MR) is 47.5 cm³/mol. The Bertz CT molecular complexity index is 284. The van der Waals surface area contributed by atoms with Crippen molar-refractivity contribution < 1.29 is 9.53 Å². The van der Waals surface area contributed by atoms with Crippen LogP contribution < -0.4 is 5.32 Å². The molecule has 1 aromatic rings. The van der Waals surface area contributed by atoms with Gasteiger partial charge in [0.05, 0.1) is 7.11 Å². The van der Waals surface area contributed by atoms with Gasteiger partial charge in [-0.25, -0.2) is 4.79 Å². The van der Waals surface area contributed by atoms with Crippen molar-refractivity contribution >= 4 is 11.8 Å². The summed E-state index contributed by atoms with van der Waals surface area (Å²) < 4.78 is 4.47. The fraction of sp³-hybridized carbons (Fsp3) is 0.375.